The molecule has 0 saturated carbocycles. The van der Waals surface area contributed by atoms with Crippen molar-refractivity contribution in [1.82, 2.24) is 9.97 Å². The highest BCUT2D eigenvalue weighted by molar-refractivity contribution is 7.14. The minimum atomic E-state index is -0.957. The number of hydrogen-bond acceptors (Lipinski definition) is 5. The largest absolute Gasteiger partial charge is 0.302 e. The molecule has 4 nitrogen and oxygen atoms in total. The summed E-state index contributed by atoms with van der Waals surface area (Å²) in [5.41, 5.74) is 2.23. The van der Waals surface area contributed by atoms with E-state index in [2.05, 4.69) is 15.3 Å². The van der Waals surface area contributed by atoms with Crippen molar-refractivity contribution >= 4 is 33.7 Å². The summed E-state index contributed by atoms with van der Waals surface area (Å²) in [4.78, 5) is 20.9. The highest BCUT2D eigenvalue weighted by Gasteiger charge is 2.13. The van der Waals surface area contributed by atoms with E-state index in [4.69, 9.17) is 0 Å². The van der Waals surface area contributed by atoms with E-state index in [1.165, 1.54) is 40.9 Å². The molecule has 0 aliphatic rings. The number of anilines is 1. The summed E-state index contributed by atoms with van der Waals surface area (Å²) in [7, 11) is 0. The van der Waals surface area contributed by atoms with Crippen LogP contribution in [0.3, 0.4) is 0 Å². The summed E-state index contributed by atoms with van der Waals surface area (Å²) in [6.45, 7) is 0. The lowest BCUT2D eigenvalue weighted by Gasteiger charge is -2.00. The maximum Gasteiger partial charge on any atom is 0.232 e. The molecule has 0 bridgehead atoms. The standard InChI is InChI=1S/C20H12F3N3OS2/c21-13-4-1-11(2-5-13)19-24-14(9-28-19)8-18(27)26-20-25-17(10-29-20)12-3-6-15(22)16(23)7-12/h1-7,9-10H,8H2,(H,25,26,27). The zero-order valence-electron chi connectivity index (χ0n) is 14.7. The zero-order chi connectivity index (χ0) is 20.4. The first-order valence-electron chi connectivity index (χ1n) is 8.39. The van der Waals surface area contributed by atoms with Crippen LogP contribution in [0.5, 0.6) is 0 Å². The smallest absolute Gasteiger partial charge is 0.232 e. The second kappa shape index (κ2) is 8.14. The molecule has 9 heteroatoms. The fourth-order valence-corrected chi connectivity index (χ4v) is 4.12. The Balaban J connectivity index is 1.41. The van der Waals surface area contributed by atoms with Gasteiger partial charge in [-0.1, -0.05) is 0 Å². The van der Waals surface area contributed by atoms with Gasteiger partial charge in [-0.15, -0.1) is 22.7 Å². The van der Waals surface area contributed by atoms with Gasteiger partial charge in [0, 0.05) is 21.9 Å². The van der Waals surface area contributed by atoms with Crippen LogP contribution in [0, 0.1) is 17.5 Å². The first-order chi connectivity index (χ1) is 14.0. The van der Waals surface area contributed by atoms with Crippen LogP contribution in [-0.4, -0.2) is 15.9 Å². The highest BCUT2D eigenvalue weighted by Crippen LogP contribution is 2.27. The molecule has 2 aromatic carbocycles. The molecule has 0 aliphatic heterocycles. The van der Waals surface area contributed by atoms with E-state index in [-0.39, 0.29) is 18.1 Å². The van der Waals surface area contributed by atoms with Crippen molar-refractivity contribution in [2.75, 3.05) is 5.32 Å². The molecule has 0 fully saturated rings. The topological polar surface area (TPSA) is 54.9 Å². The first-order valence-corrected chi connectivity index (χ1v) is 10.1. The minimum absolute atomic E-state index is 0.0534. The summed E-state index contributed by atoms with van der Waals surface area (Å²) in [6, 6.07) is 9.49. The normalized spacial score (nSPS) is 10.9. The van der Waals surface area contributed by atoms with Crippen LogP contribution in [0.1, 0.15) is 5.69 Å². The molecule has 0 spiro atoms. The number of carbonyl (C=O) groups is 1. The number of aromatic nitrogens is 2. The van der Waals surface area contributed by atoms with Gasteiger partial charge in [0.15, 0.2) is 16.8 Å². The number of rotatable bonds is 5. The molecule has 0 atom stereocenters. The molecular weight excluding hydrogens is 419 g/mol. The first kappa shape index (κ1) is 19.3. The Morgan fingerprint density at radius 1 is 0.897 bits per heavy atom. The van der Waals surface area contributed by atoms with Crippen LogP contribution >= 0.6 is 22.7 Å². The lowest BCUT2D eigenvalue weighted by Crippen LogP contribution is -2.14. The second-order valence-corrected chi connectivity index (χ2v) is 7.76. The predicted octanol–water partition coefficient (Wildman–Crippen LogP) is 5.53. The Hall–Kier alpha value is -3.04. The van der Waals surface area contributed by atoms with Crippen molar-refractivity contribution in [3.05, 3.63) is 76.4 Å². The van der Waals surface area contributed by atoms with E-state index in [0.29, 0.717) is 27.1 Å². The zero-order valence-corrected chi connectivity index (χ0v) is 16.3. The van der Waals surface area contributed by atoms with Gasteiger partial charge in [0.25, 0.3) is 0 Å². The number of thiazole rings is 2. The number of carbonyl (C=O) groups excluding carboxylic acids is 1. The van der Waals surface area contributed by atoms with Gasteiger partial charge in [0.2, 0.25) is 5.91 Å². The number of benzene rings is 2. The number of hydrogen-bond donors (Lipinski definition) is 1. The fourth-order valence-electron chi connectivity index (χ4n) is 2.56. The number of nitrogens with zero attached hydrogens (tertiary/aromatic N) is 2. The van der Waals surface area contributed by atoms with E-state index in [9.17, 15) is 18.0 Å². The third-order valence-electron chi connectivity index (χ3n) is 3.95. The predicted molar refractivity (Wildman–Crippen MR) is 107 cm³/mol. The van der Waals surface area contributed by atoms with Gasteiger partial charge in [0.1, 0.15) is 10.8 Å². The third-order valence-corrected chi connectivity index (χ3v) is 5.65. The summed E-state index contributed by atoms with van der Waals surface area (Å²) in [5, 5.41) is 7.15. The monoisotopic (exact) mass is 431 g/mol. The third kappa shape index (κ3) is 4.52. The molecule has 146 valence electrons. The maximum atomic E-state index is 13.4. The van der Waals surface area contributed by atoms with Gasteiger partial charge in [-0.25, -0.2) is 23.1 Å². The number of nitrogens with one attached hydrogen (secondary N) is 1. The van der Waals surface area contributed by atoms with Crippen LogP contribution in [0.2, 0.25) is 0 Å². The average Bonchev–Trinajstić information content (AvgIpc) is 3.34. The Morgan fingerprint density at radius 2 is 1.66 bits per heavy atom. The Bertz CT molecular complexity index is 1170. The fraction of sp³-hybridized carbons (Fsp3) is 0.0500. The van der Waals surface area contributed by atoms with Crippen LogP contribution in [0.25, 0.3) is 21.8 Å². The number of halogens is 3. The van der Waals surface area contributed by atoms with Gasteiger partial charge in [-0.05, 0) is 42.5 Å². The van der Waals surface area contributed by atoms with Crippen LogP contribution in [0.15, 0.2) is 53.2 Å². The average molecular weight is 431 g/mol. The van der Waals surface area contributed by atoms with E-state index >= 15 is 0 Å². The molecule has 0 radical (unpaired) electrons. The van der Waals surface area contributed by atoms with Gasteiger partial charge < -0.3 is 5.32 Å². The quantitative estimate of drug-likeness (QED) is 0.452. The summed E-state index contributed by atoms with van der Waals surface area (Å²) in [6.07, 6.45) is 0.0534. The number of amides is 1. The van der Waals surface area contributed by atoms with Gasteiger partial charge in [-0.3, -0.25) is 4.79 Å². The second-order valence-electron chi connectivity index (χ2n) is 6.04. The maximum absolute atomic E-state index is 13.4. The molecular formula is C20H12F3N3OS2. The van der Waals surface area contributed by atoms with Crippen molar-refractivity contribution in [3.8, 4) is 21.8 Å². The minimum Gasteiger partial charge on any atom is -0.302 e. The molecule has 0 saturated heterocycles. The molecule has 2 heterocycles. The van der Waals surface area contributed by atoms with Gasteiger partial charge in [0.05, 0.1) is 17.8 Å². The summed E-state index contributed by atoms with van der Waals surface area (Å²) >= 11 is 2.55. The SMILES string of the molecule is O=C(Cc1csc(-c2ccc(F)cc2)n1)Nc1nc(-c2ccc(F)c(F)c2)cs1. The molecule has 29 heavy (non-hydrogen) atoms. The molecule has 4 aromatic rings. The van der Waals surface area contributed by atoms with Crippen molar-refractivity contribution in [2.24, 2.45) is 0 Å². The molecule has 2 aromatic heterocycles. The summed E-state index contributed by atoms with van der Waals surface area (Å²) < 4.78 is 39.5. The van der Waals surface area contributed by atoms with Crippen molar-refractivity contribution in [3.63, 3.8) is 0 Å². The van der Waals surface area contributed by atoms with Crippen LogP contribution in [0.4, 0.5) is 18.3 Å². The Labute approximate surface area is 171 Å². The van der Waals surface area contributed by atoms with Gasteiger partial charge >= 0.3 is 0 Å². The lowest BCUT2D eigenvalue weighted by molar-refractivity contribution is -0.115. The van der Waals surface area contributed by atoms with Crippen molar-refractivity contribution in [2.45, 2.75) is 6.42 Å². The van der Waals surface area contributed by atoms with E-state index in [0.717, 1.165) is 17.7 Å². The Morgan fingerprint density at radius 3 is 2.41 bits per heavy atom. The molecule has 1 N–H and O–H groups in total. The van der Waals surface area contributed by atoms with Crippen molar-refractivity contribution < 1.29 is 18.0 Å². The Kier molecular flexibility index (Phi) is 5.41. The molecule has 4 rings (SSSR count). The van der Waals surface area contributed by atoms with Crippen molar-refractivity contribution in [1.29, 1.82) is 0 Å². The highest BCUT2D eigenvalue weighted by atomic mass is 32.1. The van der Waals surface area contributed by atoms with Gasteiger partial charge in [-0.2, -0.15) is 0 Å². The molecule has 0 aliphatic carbocycles. The lowest BCUT2D eigenvalue weighted by atomic mass is 10.2. The molecule has 0 unspecified atom stereocenters. The van der Waals surface area contributed by atoms with E-state index in [1.807, 2.05) is 0 Å². The van der Waals surface area contributed by atoms with Crippen LogP contribution in [-0.2, 0) is 11.2 Å². The van der Waals surface area contributed by atoms with Crippen LogP contribution < -0.4 is 5.32 Å². The molecule has 1 amide bonds. The summed E-state index contributed by atoms with van der Waals surface area (Å²) in [5.74, 6) is -2.51. The van der Waals surface area contributed by atoms with E-state index in [1.54, 1.807) is 22.9 Å². The van der Waals surface area contributed by atoms with E-state index < -0.39 is 11.6 Å².